The first-order chi connectivity index (χ1) is 11.9. The molecule has 0 saturated carbocycles. The van der Waals surface area contributed by atoms with E-state index in [-0.39, 0.29) is 11.9 Å². The molecule has 0 saturated heterocycles. The van der Waals surface area contributed by atoms with Crippen LogP contribution in [0.4, 0.5) is 5.69 Å². The molecule has 2 aromatic heterocycles. The number of pyridine rings is 1. The number of hydrogen-bond donors (Lipinski definition) is 1. The Morgan fingerprint density at radius 2 is 2.12 bits per heavy atom. The summed E-state index contributed by atoms with van der Waals surface area (Å²) in [5.41, 5.74) is 2.71. The minimum absolute atomic E-state index is 0.136. The summed E-state index contributed by atoms with van der Waals surface area (Å²) in [7, 11) is 0. The number of hydrogen-bond acceptors (Lipinski definition) is 4. The van der Waals surface area contributed by atoms with Crippen LogP contribution in [0, 0.1) is 18.3 Å². The monoisotopic (exact) mass is 353 g/mol. The van der Waals surface area contributed by atoms with Gasteiger partial charge < -0.3 is 5.32 Å². The fourth-order valence-corrected chi connectivity index (χ4v) is 2.76. The number of aryl methyl sites for hydroxylation is 1. The average Bonchev–Trinajstić information content (AvgIpc) is 2.99. The van der Waals surface area contributed by atoms with Gasteiger partial charge in [0.1, 0.15) is 6.07 Å². The van der Waals surface area contributed by atoms with E-state index in [2.05, 4.69) is 15.4 Å². The second-order valence-electron chi connectivity index (χ2n) is 5.99. The van der Waals surface area contributed by atoms with Gasteiger partial charge in [-0.15, -0.1) is 0 Å². The molecule has 126 valence electrons. The van der Waals surface area contributed by atoms with E-state index in [1.165, 1.54) is 0 Å². The molecule has 1 aromatic carbocycles. The van der Waals surface area contributed by atoms with Crippen molar-refractivity contribution in [1.29, 1.82) is 5.26 Å². The van der Waals surface area contributed by atoms with E-state index in [0.717, 1.165) is 5.69 Å². The lowest BCUT2D eigenvalue weighted by atomic mass is 10.1. The lowest BCUT2D eigenvalue weighted by Crippen LogP contribution is -2.13. The highest BCUT2D eigenvalue weighted by molar-refractivity contribution is 6.31. The molecule has 7 heteroatoms. The van der Waals surface area contributed by atoms with Crippen molar-refractivity contribution >= 4 is 34.2 Å². The van der Waals surface area contributed by atoms with Gasteiger partial charge in [0.15, 0.2) is 5.65 Å². The number of nitrogens with one attached hydrogen (secondary N) is 1. The highest BCUT2D eigenvalue weighted by Gasteiger charge is 2.17. The summed E-state index contributed by atoms with van der Waals surface area (Å²) in [5.74, 6) is -0.287. The van der Waals surface area contributed by atoms with E-state index in [1.807, 2.05) is 26.8 Å². The number of aromatic nitrogens is 3. The number of halogens is 1. The smallest absolute Gasteiger partial charge is 0.256 e. The standard InChI is InChI=1S/C18H16ClN5O/c1-10(2)24-17-15(9-21-24)14(6-11(3)22-17)18(25)23-13-4-5-16(19)12(7-13)8-20/h4-7,9-10H,1-3H3,(H,23,25). The third kappa shape index (κ3) is 3.19. The van der Waals surface area contributed by atoms with Gasteiger partial charge in [0.05, 0.1) is 27.7 Å². The molecular formula is C18H16ClN5O. The third-order valence-electron chi connectivity index (χ3n) is 3.77. The van der Waals surface area contributed by atoms with Crippen LogP contribution in [0.5, 0.6) is 0 Å². The number of anilines is 1. The molecule has 6 nitrogen and oxygen atoms in total. The van der Waals surface area contributed by atoms with Crippen LogP contribution < -0.4 is 5.32 Å². The number of rotatable bonds is 3. The summed E-state index contributed by atoms with van der Waals surface area (Å²) in [4.78, 5) is 17.3. The first kappa shape index (κ1) is 16.9. The van der Waals surface area contributed by atoms with Crippen molar-refractivity contribution in [2.75, 3.05) is 5.32 Å². The predicted octanol–water partition coefficient (Wildman–Crippen LogP) is 4.10. The van der Waals surface area contributed by atoms with E-state index in [4.69, 9.17) is 16.9 Å². The van der Waals surface area contributed by atoms with Crippen LogP contribution in [0.2, 0.25) is 5.02 Å². The number of fused-ring (bicyclic) bond motifs is 1. The summed E-state index contributed by atoms with van der Waals surface area (Å²) in [6, 6.07) is 8.64. The van der Waals surface area contributed by atoms with Crippen molar-refractivity contribution in [1.82, 2.24) is 14.8 Å². The maximum absolute atomic E-state index is 12.8. The fourth-order valence-electron chi connectivity index (χ4n) is 2.60. The van der Waals surface area contributed by atoms with Crippen molar-refractivity contribution in [3.63, 3.8) is 0 Å². The molecule has 0 aliphatic rings. The highest BCUT2D eigenvalue weighted by Crippen LogP contribution is 2.24. The molecule has 0 aliphatic heterocycles. The number of amides is 1. The largest absolute Gasteiger partial charge is 0.322 e. The van der Waals surface area contributed by atoms with Gasteiger partial charge in [-0.25, -0.2) is 9.67 Å². The Balaban J connectivity index is 2.02. The first-order valence-electron chi connectivity index (χ1n) is 7.76. The summed E-state index contributed by atoms with van der Waals surface area (Å²) in [5, 5.41) is 17.2. The van der Waals surface area contributed by atoms with Gasteiger partial charge in [0.2, 0.25) is 0 Å². The number of carbonyl (C=O) groups is 1. The summed E-state index contributed by atoms with van der Waals surface area (Å²) in [6.45, 7) is 5.85. The van der Waals surface area contributed by atoms with Gasteiger partial charge in [0.25, 0.3) is 5.91 Å². The second kappa shape index (κ2) is 6.54. The van der Waals surface area contributed by atoms with E-state index < -0.39 is 0 Å². The lowest BCUT2D eigenvalue weighted by molar-refractivity contribution is 0.102. The van der Waals surface area contributed by atoms with Crippen molar-refractivity contribution in [2.45, 2.75) is 26.8 Å². The molecular weight excluding hydrogens is 338 g/mol. The van der Waals surface area contributed by atoms with E-state index in [9.17, 15) is 4.79 Å². The molecule has 1 amide bonds. The SMILES string of the molecule is Cc1cc(C(=O)Nc2ccc(Cl)c(C#N)c2)c2cnn(C(C)C)c2n1. The second-order valence-corrected chi connectivity index (χ2v) is 6.40. The Morgan fingerprint density at radius 1 is 1.36 bits per heavy atom. The maximum Gasteiger partial charge on any atom is 0.256 e. The first-order valence-corrected chi connectivity index (χ1v) is 8.14. The number of nitrogens with zero attached hydrogens (tertiary/aromatic N) is 4. The number of nitriles is 1. The van der Waals surface area contributed by atoms with E-state index in [1.54, 1.807) is 35.1 Å². The number of benzene rings is 1. The summed E-state index contributed by atoms with van der Waals surface area (Å²) < 4.78 is 1.79. The van der Waals surface area contributed by atoms with E-state index in [0.29, 0.717) is 32.9 Å². The van der Waals surface area contributed by atoms with Gasteiger partial charge in [-0.05, 0) is 45.0 Å². The Labute approximate surface area is 150 Å². The lowest BCUT2D eigenvalue weighted by Gasteiger charge is -2.10. The summed E-state index contributed by atoms with van der Waals surface area (Å²) >= 11 is 5.93. The molecule has 3 rings (SSSR count). The molecule has 0 radical (unpaired) electrons. The molecule has 0 aliphatic carbocycles. The zero-order chi connectivity index (χ0) is 18.1. The van der Waals surface area contributed by atoms with Crippen molar-refractivity contribution in [2.24, 2.45) is 0 Å². The zero-order valence-electron chi connectivity index (χ0n) is 14.0. The molecule has 25 heavy (non-hydrogen) atoms. The molecule has 0 spiro atoms. The maximum atomic E-state index is 12.8. The Bertz CT molecular complexity index is 1020. The quantitative estimate of drug-likeness (QED) is 0.768. The van der Waals surface area contributed by atoms with Crippen LogP contribution in [-0.2, 0) is 0 Å². The minimum atomic E-state index is -0.287. The van der Waals surface area contributed by atoms with E-state index >= 15 is 0 Å². The summed E-state index contributed by atoms with van der Waals surface area (Å²) in [6.07, 6.45) is 1.65. The van der Waals surface area contributed by atoms with Gasteiger partial charge >= 0.3 is 0 Å². The normalized spacial score (nSPS) is 10.9. The van der Waals surface area contributed by atoms with Gasteiger partial charge in [-0.1, -0.05) is 11.6 Å². The topological polar surface area (TPSA) is 83.6 Å². The van der Waals surface area contributed by atoms with Crippen LogP contribution in [0.3, 0.4) is 0 Å². The van der Waals surface area contributed by atoms with Crippen molar-refractivity contribution in [3.05, 3.63) is 52.3 Å². The molecule has 0 fully saturated rings. The fraction of sp³-hybridized carbons (Fsp3) is 0.222. The van der Waals surface area contributed by atoms with Crippen LogP contribution >= 0.6 is 11.6 Å². The minimum Gasteiger partial charge on any atom is -0.322 e. The Hall–Kier alpha value is -2.91. The van der Waals surface area contributed by atoms with Crippen molar-refractivity contribution < 1.29 is 4.79 Å². The van der Waals surface area contributed by atoms with Crippen molar-refractivity contribution in [3.8, 4) is 6.07 Å². The van der Waals surface area contributed by atoms with Gasteiger partial charge in [-0.2, -0.15) is 10.4 Å². The van der Waals surface area contributed by atoms with Gasteiger partial charge in [0, 0.05) is 17.4 Å². The molecule has 3 aromatic rings. The Kier molecular flexibility index (Phi) is 4.43. The van der Waals surface area contributed by atoms with Gasteiger partial charge in [-0.3, -0.25) is 4.79 Å². The third-order valence-corrected chi connectivity index (χ3v) is 4.10. The van der Waals surface area contributed by atoms with Crippen LogP contribution in [-0.4, -0.2) is 20.7 Å². The molecule has 1 N–H and O–H groups in total. The van der Waals surface area contributed by atoms with Crippen LogP contribution in [0.15, 0.2) is 30.5 Å². The Morgan fingerprint density at radius 3 is 2.80 bits per heavy atom. The predicted molar refractivity (Wildman–Crippen MR) is 96.8 cm³/mol. The molecule has 0 unspecified atom stereocenters. The van der Waals surface area contributed by atoms with Crippen LogP contribution in [0.1, 0.15) is 41.5 Å². The van der Waals surface area contributed by atoms with Crippen LogP contribution in [0.25, 0.3) is 11.0 Å². The zero-order valence-corrected chi connectivity index (χ0v) is 14.8. The molecule has 0 atom stereocenters. The molecule has 0 bridgehead atoms. The average molecular weight is 354 g/mol. The molecule has 2 heterocycles. The number of carbonyl (C=O) groups excluding carboxylic acids is 1. The highest BCUT2D eigenvalue weighted by atomic mass is 35.5.